The average Bonchev–Trinajstić information content (AvgIpc) is 2.61. The summed E-state index contributed by atoms with van der Waals surface area (Å²) >= 11 is 0. The highest BCUT2D eigenvalue weighted by atomic mass is 16.6. The number of carbonyl (C=O) groups excluding carboxylic acids is 2. The van der Waals surface area contributed by atoms with Crippen molar-refractivity contribution < 1.29 is 19.4 Å². The second-order valence-corrected chi connectivity index (χ2v) is 5.36. The molecule has 5 heteroatoms. The van der Waals surface area contributed by atoms with Gasteiger partial charge in [0.1, 0.15) is 12.7 Å². The predicted octanol–water partition coefficient (Wildman–Crippen LogP) is 1.55. The Hall–Kier alpha value is -1.88. The molecule has 1 atom stereocenters. The summed E-state index contributed by atoms with van der Waals surface area (Å²) in [5.74, 6) is -0.594. The fourth-order valence-electron chi connectivity index (χ4n) is 2.01. The van der Waals surface area contributed by atoms with Crippen LogP contribution in [0.2, 0.25) is 0 Å². The molecule has 0 bridgehead atoms. The minimum Gasteiger partial charge on any atom is -0.444 e. The van der Waals surface area contributed by atoms with Crippen LogP contribution in [0.4, 0.5) is 4.79 Å². The molecule has 0 saturated carbocycles. The minimum atomic E-state index is -1.16. The molecule has 1 N–H and O–H groups in total. The number of ether oxygens (including phenoxy) is 1. The normalized spacial score (nSPS) is 21.5. The number of likely N-dealkylation sites (tertiary alicyclic amines) is 1. The van der Waals surface area contributed by atoms with Crippen LogP contribution in [0, 0.1) is 5.41 Å². The Kier molecular flexibility index (Phi) is 3.57. The van der Waals surface area contributed by atoms with Gasteiger partial charge in [0.15, 0.2) is 0 Å². The van der Waals surface area contributed by atoms with Crippen molar-refractivity contribution in [1.82, 2.24) is 4.90 Å². The minimum absolute atomic E-state index is 0.111. The van der Waals surface area contributed by atoms with Crippen molar-refractivity contribution in [2.24, 2.45) is 5.41 Å². The average molecular weight is 263 g/mol. The third kappa shape index (κ3) is 2.76. The Morgan fingerprint density at radius 3 is 2.58 bits per heavy atom. The lowest BCUT2D eigenvalue weighted by atomic mass is 9.90. The molecule has 102 valence electrons. The van der Waals surface area contributed by atoms with Gasteiger partial charge in [-0.3, -0.25) is 4.79 Å². The largest absolute Gasteiger partial charge is 0.444 e. The van der Waals surface area contributed by atoms with Crippen molar-refractivity contribution in [1.29, 1.82) is 0 Å². The number of nitrogens with zero attached hydrogens (tertiary/aromatic N) is 1. The number of hydrogen-bond acceptors (Lipinski definition) is 4. The molecule has 0 spiro atoms. The number of hydrogen-bond donors (Lipinski definition) is 1. The lowest BCUT2D eigenvalue weighted by Gasteiger charge is -2.18. The molecule has 19 heavy (non-hydrogen) atoms. The zero-order valence-corrected chi connectivity index (χ0v) is 11.0. The first-order valence-electron chi connectivity index (χ1n) is 6.12. The van der Waals surface area contributed by atoms with Gasteiger partial charge in [0.25, 0.3) is 5.91 Å². The molecular formula is C14H17NO4. The van der Waals surface area contributed by atoms with E-state index in [0.29, 0.717) is 0 Å². The van der Waals surface area contributed by atoms with Gasteiger partial charge in [-0.05, 0) is 5.56 Å². The third-order valence-electron chi connectivity index (χ3n) is 3.23. The van der Waals surface area contributed by atoms with E-state index in [9.17, 15) is 14.7 Å². The van der Waals surface area contributed by atoms with Crippen molar-refractivity contribution in [2.75, 3.05) is 6.54 Å². The molecule has 0 radical (unpaired) electrons. The quantitative estimate of drug-likeness (QED) is 0.879. The maximum absolute atomic E-state index is 11.8. The summed E-state index contributed by atoms with van der Waals surface area (Å²) in [5, 5.41) is 9.73. The molecule has 1 aliphatic heterocycles. The SMILES string of the molecule is CC1(C)CN(C(=O)OCc2ccccc2)C(=O)C1O. The van der Waals surface area contributed by atoms with Crippen LogP contribution in [0.3, 0.4) is 0 Å². The van der Waals surface area contributed by atoms with Crippen LogP contribution in [0.25, 0.3) is 0 Å². The van der Waals surface area contributed by atoms with Crippen LogP contribution in [0.15, 0.2) is 30.3 Å². The maximum Gasteiger partial charge on any atom is 0.416 e. The van der Waals surface area contributed by atoms with Crippen molar-refractivity contribution >= 4 is 12.0 Å². The monoisotopic (exact) mass is 263 g/mol. The molecule has 1 aromatic rings. The summed E-state index contributed by atoms with van der Waals surface area (Å²) in [6, 6.07) is 9.22. The predicted molar refractivity (Wildman–Crippen MR) is 68.1 cm³/mol. The lowest BCUT2D eigenvalue weighted by Crippen LogP contribution is -2.35. The van der Waals surface area contributed by atoms with Gasteiger partial charge in [-0.15, -0.1) is 0 Å². The molecule has 1 saturated heterocycles. The highest BCUT2D eigenvalue weighted by Crippen LogP contribution is 2.30. The fourth-order valence-corrected chi connectivity index (χ4v) is 2.01. The summed E-state index contributed by atoms with van der Waals surface area (Å²) < 4.78 is 5.08. The maximum atomic E-state index is 11.8. The fraction of sp³-hybridized carbons (Fsp3) is 0.429. The molecule has 1 aromatic carbocycles. The summed E-state index contributed by atoms with van der Waals surface area (Å²) in [6.07, 6.45) is -1.87. The number of rotatable bonds is 2. The topological polar surface area (TPSA) is 66.8 Å². The summed E-state index contributed by atoms with van der Waals surface area (Å²) in [7, 11) is 0. The van der Waals surface area contributed by atoms with Crippen molar-refractivity contribution in [2.45, 2.75) is 26.6 Å². The van der Waals surface area contributed by atoms with Crippen LogP contribution in [0.5, 0.6) is 0 Å². The zero-order valence-electron chi connectivity index (χ0n) is 11.0. The van der Waals surface area contributed by atoms with Gasteiger partial charge in [-0.2, -0.15) is 0 Å². The lowest BCUT2D eigenvalue weighted by molar-refractivity contribution is -0.134. The first kappa shape index (κ1) is 13.5. The zero-order chi connectivity index (χ0) is 14.0. The van der Waals surface area contributed by atoms with Gasteiger partial charge in [-0.1, -0.05) is 44.2 Å². The van der Waals surface area contributed by atoms with Crippen molar-refractivity contribution in [3.05, 3.63) is 35.9 Å². The van der Waals surface area contributed by atoms with E-state index in [0.717, 1.165) is 10.5 Å². The second-order valence-electron chi connectivity index (χ2n) is 5.36. The van der Waals surface area contributed by atoms with Crippen LogP contribution >= 0.6 is 0 Å². The first-order chi connectivity index (χ1) is 8.92. The van der Waals surface area contributed by atoms with Crippen LogP contribution in [0.1, 0.15) is 19.4 Å². The van der Waals surface area contributed by atoms with E-state index in [1.165, 1.54) is 0 Å². The summed E-state index contributed by atoms with van der Waals surface area (Å²) in [5.41, 5.74) is 0.213. The highest BCUT2D eigenvalue weighted by molar-refractivity contribution is 5.96. The van der Waals surface area contributed by atoms with Crippen molar-refractivity contribution in [3.8, 4) is 0 Å². The molecule has 1 aliphatic rings. The van der Waals surface area contributed by atoms with Gasteiger partial charge in [0.2, 0.25) is 0 Å². The Labute approximate surface area is 111 Å². The van der Waals surface area contributed by atoms with Crippen molar-refractivity contribution in [3.63, 3.8) is 0 Å². The summed E-state index contributed by atoms with van der Waals surface area (Å²) in [6.45, 7) is 3.75. The Bertz CT molecular complexity index is 483. The second kappa shape index (κ2) is 5.01. The Morgan fingerprint density at radius 1 is 1.42 bits per heavy atom. The van der Waals surface area contributed by atoms with E-state index < -0.39 is 23.5 Å². The molecular weight excluding hydrogens is 246 g/mol. The standard InChI is InChI=1S/C14H17NO4/c1-14(2)9-15(12(17)11(14)16)13(18)19-8-10-6-4-3-5-7-10/h3-7,11,16H,8-9H2,1-2H3. The number of benzene rings is 1. The van der Waals surface area contributed by atoms with Gasteiger partial charge in [0, 0.05) is 12.0 Å². The first-order valence-corrected chi connectivity index (χ1v) is 6.12. The molecule has 1 unspecified atom stereocenters. The molecule has 2 amide bonds. The third-order valence-corrected chi connectivity index (χ3v) is 3.23. The van der Waals surface area contributed by atoms with Crippen LogP contribution in [-0.2, 0) is 16.1 Å². The van der Waals surface area contributed by atoms with E-state index in [1.54, 1.807) is 13.8 Å². The molecule has 1 fully saturated rings. The molecule has 2 rings (SSSR count). The van der Waals surface area contributed by atoms with Crippen LogP contribution < -0.4 is 0 Å². The number of aliphatic hydroxyl groups is 1. The number of aliphatic hydroxyl groups excluding tert-OH is 1. The Balaban J connectivity index is 1.96. The molecule has 0 aromatic heterocycles. The van der Waals surface area contributed by atoms with Gasteiger partial charge >= 0.3 is 6.09 Å². The van der Waals surface area contributed by atoms with Gasteiger partial charge < -0.3 is 9.84 Å². The smallest absolute Gasteiger partial charge is 0.416 e. The number of carbonyl (C=O) groups is 2. The number of amides is 2. The van der Waals surface area contributed by atoms with E-state index in [-0.39, 0.29) is 13.2 Å². The molecule has 1 heterocycles. The number of imide groups is 1. The summed E-state index contributed by atoms with van der Waals surface area (Å²) in [4.78, 5) is 24.5. The molecule has 0 aliphatic carbocycles. The van der Waals surface area contributed by atoms with Gasteiger partial charge in [-0.25, -0.2) is 9.69 Å². The van der Waals surface area contributed by atoms with E-state index in [1.807, 2.05) is 30.3 Å². The van der Waals surface area contributed by atoms with E-state index >= 15 is 0 Å². The molecule has 5 nitrogen and oxygen atoms in total. The Morgan fingerprint density at radius 2 is 2.05 bits per heavy atom. The van der Waals surface area contributed by atoms with Crippen LogP contribution in [-0.4, -0.2) is 34.7 Å². The van der Waals surface area contributed by atoms with Gasteiger partial charge in [0.05, 0.1) is 0 Å². The van der Waals surface area contributed by atoms with E-state index in [4.69, 9.17) is 4.74 Å². The van der Waals surface area contributed by atoms with E-state index in [2.05, 4.69) is 0 Å². The highest BCUT2D eigenvalue weighted by Gasteiger charge is 2.48.